The highest BCUT2D eigenvalue weighted by molar-refractivity contribution is 5.14. The van der Waals surface area contributed by atoms with Crippen LogP contribution in [0.3, 0.4) is 0 Å². The van der Waals surface area contributed by atoms with Crippen molar-refractivity contribution in [3.8, 4) is 12.1 Å². The second-order valence-electron chi connectivity index (χ2n) is 11.3. The van der Waals surface area contributed by atoms with Crippen LogP contribution in [0.15, 0.2) is 0 Å². The summed E-state index contributed by atoms with van der Waals surface area (Å²) in [6.07, 6.45) is 22.4. The first-order valence-electron chi connectivity index (χ1n) is 13.4. The summed E-state index contributed by atoms with van der Waals surface area (Å²) >= 11 is 0. The predicted molar refractivity (Wildman–Crippen MR) is 125 cm³/mol. The van der Waals surface area contributed by atoms with Gasteiger partial charge in [0.25, 0.3) is 0 Å². The molecule has 2 nitrogen and oxygen atoms in total. The van der Waals surface area contributed by atoms with Crippen LogP contribution in [0.4, 0.5) is 0 Å². The first-order valence-corrected chi connectivity index (χ1v) is 13.4. The molecule has 0 heterocycles. The molecule has 0 aromatic carbocycles. The summed E-state index contributed by atoms with van der Waals surface area (Å²) in [5.74, 6) is 2.98. The minimum atomic E-state index is -0.131. The maximum atomic E-state index is 10.2. The summed E-state index contributed by atoms with van der Waals surface area (Å²) in [5, 5.41) is 20.5. The molecule has 0 spiro atoms. The van der Waals surface area contributed by atoms with Gasteiger partial charge in [0.2, 0.25) is 0 Å². The lowest BCUT2D eigenvalue weighted by molar-refractivity contribution is 0.0272. The van der Waals surface area contributed by atoms with Crippen molar-refractivity contribution in [3.05, 3.63) is 0 Å². The highest BCUT2D eigenvalue weighted by Gasteiger charge is 2.51. The first-order chi connectivity index (χ1) is 14.6. The van der Waals surface area contributed by atoms with Gasteiger partial charge in [0, 0.05) is 0 Å². The van der Waals surface area contributed by atoms with Crippen molar-refractivity contribution in [2.75, 3.05) is 0 Å². The summed E-state index contributed by atoms with van der Waals surface area (Å²) in [4.78, 5) is 0. The molecule has 0 aliphatic heterocycles. The quantitative estimate of drug-likeness (QED) is 0.402. The van der Waals surface area contributed by atoms with Gasteiger partial charge in [0.05, 0.1) is 23.0 Å². The molecule has 3 fully saturated rings. The Morgan fingerprint density at radius 1 is 0.600 bits per heavy atom. The van der Waals surface area contributed by atoms with E-state index in [2.05, 4.69) is 26.0 Å². The van der Waals surface area contributed by atoms with E-state index in [0.717, 1.165) is 37.5 Å². The lowest BCUT2D eigenvalue weighted by atomic mass is 9.53. The zero-order valence-electron chi connectivity index (χ0n) is 19.9. The molecule has 0 aromatic heterocycles. The summed E-state index contributed by atoms with van der Waals surface area (Å²) in [5.41, 5.74) is -0.261. The Hall–Kier alpha value is -1.02. The fraction of sp³-hybridized carbons (Fsp3) is 0.929. The highest BCUT2D eigenvalue weighted by atomic mass is 14.6. The van der Waals surface area contributed by atoms with E-state index in [1.807, 2.05) is 0 Å². The third-order valence-corrected chi connectivity index (χ3v) is 9.67. The molecule has 2 heteroatoms. The zero-order valence-corrected chi connectivity index (χ0v) is 19.9. The second kappa shape index (κ2) is 11.0. The van der Waals surface area contributed by atoms with Gasteiger partial charge in [-0.3, -0.25) is 0 Å². The topological polar surface area (TPSA) is 47.6 Å². The smallest absolute Gasteiger partial charge is 0.0692 e. The third kappa shape index (κ3) is 5.23. The van der Waals surface area contributed by atoms with Crippen molar-refractivity contribution < 1.29 is 0 Å². The van der Waals surface area contributed by atoms with Crippen LogP contribution < -0.4 is 0 Å². The van der Waals surface area contributed by atoms with Crippen LogP contribution in [-0.2, 0) is 0 Å². The third-order valence-electron chi connectivity index (χ3n) is 9.67. The van der Waals surface area contributed by atoms with Gasteiger partial charge in [0.15, 0.2) is 0 Å². The monoisotopic (exact) mass is 410 g/mol. The number of rotatable bonds is 8. The maximum absolute atomic E-state index is 10.2. The average molecular weight is 411 g/mol. The van der Waals surface area contributed by atoms with E-state index in [4.69, 9.17) is 0 Å². The van der Waals surface area contributed by atoms with Gasteiger partial charge < -0.3 is 0 Å². The van der Waals surface area contributed by atoms with Gasteiger partial charge in [0.1, 0.15) is 0 Å². The van der Waals surface area contributed by atoms with Gasteiger partial charge in [-0.25, -0.2) is 0 Å². The minimum absolute atomic E-state index is 0.131. The van der Waals surface area contributed by atoms with Crippen molar-refractivity contribution in [3.63, 3.8) is 0 Å². The molecule has 3 aliphatic rings. The van der Waals surface area contributed by atoms with Crippen LogP contribution in [0.2, 0.25) is 0 Å². The Labute approximate surface area is 186 Å². The van der Waals surface area contributed by atoms with Crippen molar-refractivity contribution in [1.29, 1.82) is 10.5 Å². The molecule has 30 heavy (non-hydrogen) atoms. The molecule has 0 bridgehead atoms. The van der Waals surface area contributed by atoms with E-state index in [9.17, 15) is 10.5 Å². The second-order valence-corrected chi connectivity index (χ2v) is 11.3. The van der Waals surface area contributed by atoms with Crippen molar-refractivity contribution >= 4 is 0 Å². The van der Waals surface area contributed by atoms with Gasteiger partial charge in [-0.1, -0.05) is 78.1 Å². The van der Waals surface area contributed by atoms with Crippen molar-refractivity contribution in [2.24, 2.45) is 34.5 Å². The Bertz CT molecular complexity index is 531. The molecule has 0 amide bonds. The number of nitriles is 2. The molecular formula is C28H46N2. The summed E-state index contributed by atoms with van der Waals surface area (Å²) in [6, 6.07) is 5.66. The van der Waals surface area contributed by atoms with E-state index in [0.29, 0.717) is 11.8 Å². The molecule has 3 saturated carbocycles. The van der Waals surface area contributed by atoms with E-state index in [1.54, 1.807) is 0 Å². The predicted octanol–water partition coefficient (Wildman–Crippen LogP) is 8.57. The molecule has 0 saturated heterocycles. The average Bonchev–Trinajstić information content (AvgIpc) is 2.82. The molecule has 3 rings (SSSR count). The molecular weight excluding hydrogens is 364 g/mol. The molecule has 168 valence electrons. The lowest BCUT2D eigenvalue weighted by Crippen LogP contribution is -2.43. The lowest BCUT2D eigenvalue weighted by Gasteiger charge is -2.49. The fourth-order valence-corrected chi connectivity index (χ4v) is 7.36. The summed E-state index contributed by atoms with van der Waals surface area (Å²) in [6.45, 7) is 4.58. The Morgan fingerprint density at radius 3 is 1.20 bits per heavy atom. The molecule has 0 unspecified atom stereocenters. The van der Waals surface area contributed by atoms with Crippen molar-refractivity contribution in [2.45, 2.75) is 129 Å². The van der Waals surface area contributed by atoms with Gasteiger partial charge in [-0.05, 0) is 75.0 Å². The van der Waals surface area contributed by atoms with Crippen LogP contribution in [0.25, 0.3) is 0 Å². The zero-order chi connectivity index (χ0) is 21.5. The van der Waals surface area contributed by atoms with Crippen LogP contribution >= 0.6 is 0 Å². The first kappa shape index (κ1) is 23.6. The Kier molecular flexibility index (Phi) is 8.69. The molecule has 0 radical (unpaired) electrons. The van der Waals surface area contributed by atoms with E-state index in [-0.39, 0.29) is 10.8 Å². The van der Waals surface area contributed by atoms with Crippen LogP contribution in [-0.4, -0.2) is 0 Å². The van der Waals surface area contributed by atoms with Crippen LogP contribution in [0, 0.1) is 57.2 Å². The number of hydrogen-bond acceptors (Lipinski definition) is 2. The maximum Gasteiger partial charge on any atom is 0.0692 e. The number of nitrogens with zero attached hydrogens (tertiary/aromatic N) is 2. The molecule has 3 aliphatic carbocycles. The number of hydrogen-bond donors (Lipinski definition) is 0. The molecule has 0 atom stereocenters. The van der Waals surface area contributed by atoms with Crippen molar-refractivity contribution in [1.82, 2.24) is 0 Å². The largest absolute Gasteiger partial charge is 0.198 e. The van der Waals surface area contributed by atoms with E-state index in [1.165, 1.54) is 89.9 Å². The van der Waals surface area contributed by atoms with Crippen LogP contribution in [0.5, 0.6) is 0 Å². The van der Waals surface area contributed by atoms with E-state index < -0.39 is 0 Å². The van der Waals surface area contributed by atoms with E-state index >= 15 is 0 Å². The summed E-state index contributed by atoms with van der Waals surface area (Å²) in [7, 11) is 0. The van der Waals surface area contributed by atoms with Crippen LogP contribution in [0.1, 0.15) is 129 Å². The fourth-order valence-electron chi connectivity index (χ4n) is 7.36. The van der Waals surface area contributed by atoms with Gasteiger partial charge in [-0.2, -0.15) is 10.5 Å². The normalized spacial score (nSPS) is 39.7. The number of unbranched alkanes of at least 4 members (excludes halogenated alkanes) is 2. The Balaban J connectivity index is 1.55. The minimum Gasteiger partial charge on any atom is -0.198 e. The highest BCUT2D eigenvalue weighted by Crippen LogP contribution is 2.57. The summed E-state index contributed by atoms with van der Waals surface area (Å²) < 4.78 is 0. The standard InChI is InChI=1S/C28H46N2/c1-3-5-7-23-9-13-25(14-10-23)27(21-29)17-19-28(22-30,20-18-27)26-15-11-24(12-16-26)8-6-4-2/h23-26H,3-20H2,1-2H3. The Morgan fingerprint density at radius 2 is 0.933 bits per heavy atom. The molecule has 0 N–H and O–H groups in total. The molecule has 0 aromatic rings. The van der Waals surface area contributed by atoms with Gasteiger partial charge >= 0.3 is 0 Å². The SMILES string of the molecule is CCCCC1CCC(C2(C#N)CCC(C#N)(C3CCC(CCCC)CC3)CC2)CC1. The van der Waals surface area contributed by atoms with Gasteiger partial charge in [-0.15, -0.1) is 0 Å².